The number of hydrogen-bond donors (Lipinski definition) is 1. The van der Waals surface area contributed by atoms with Crippen LogP contribution in [-0.2, 0) is 6.42 Å². The maximum absolute atomic E-state index is 4.45. The Labute approximate surface area is 146 Å². The van der Waals surface area contributed by atoms with E-state index in [1.54, 1.807) is 11.3 Å². The summed E-state index contributed by atoms with van der Waals surface area (Å²) in [6.45, 7) is 0.937. The van der Waals surface area contributed by atoms with Crippen LogP contribution in [-0.4, -0.2) is 17.6 Å². The van der Waals surface area contributed by atoms with Crippen molar-refractivity contribution in [3.05, 3.63) is 83.5 Å². The van der Waals surface area contributed by atoms with Crippen LogP contribution in [0.3, 0.4) is 0 Å². The van der Waals surface area contributed by atoms with Gasteiger partial charge in [0.2, 0.25) is 0 Å². The third-order valence-electron chi connectivity index (χ3n) is 4.45. The fourth-order valence-electron chi connectivity index (χ4n) is 3.26. The Kier molecular flexibility index (Phi) is 4.54. The molecule has 0 fully saturated rings. The molecule has 0 amide bonds. The van der Waals surface area contributed by atoms with Crippen LogP contribution in [0.2, 0.25) is 0 Å². The molecule has 0 saturated carbocycles. The second-order valence-corrected chi connectivity index (χ2v) is 7.12. The molecule has 1 atom stereocenters. The largest absolute Gasteiger partial charge is 0.310 e. The Morgan fingerprint density at radius 2 is 1.96 bits per heavy atom. The van der Waals surface area contributed by atoms with Crippen molar-refractivity contribution in [1.29, 1.82) is 0 Å². The van der Waals surface area contributed by atoms with Crippen LogP contribution in [0.4, 0.5) is 0 Å². The smallest absolute Gasteiger partial charge is 0.0358 e. The summed E-state index contributed by atoms with van der Waals surface area (Å²) in [4.78, 5) is 5.73. The number of pyridine rings is 1. The van der Waals surface area contributed by atoms with Gasteiger partial charge in [0.05, 0.1) is 0 Å². The molecule has 1 aliphatic rings. The van der Waals surface area contributed by atoms with Crippen LogP contribution in [0.25, 0.3) is 16.0 Å². The minimum Gasteiger partial charge on any atom is -0.310 e. The van der Waals surface area contributed by atoms with Gasteiger partial charge in [-0.15, -0.1) is 11.3 Å². The van der Waals surface area contributed by atoms with Crippen molar-refractivity contribution < 1.29 is 0 Å². The average molecular weight is 332 g/mol. The second-order valence-electron chi connectivity index (χ2n) is 6.17. The monoisotopic (exact) mass is 332 g/mol. The highest BCUT2D eigenvalue weighted by molar-refractivity contribution is 7.13. The van der Waals surface area contributed by atoms with Gasteiger partial charge in [-0.25, -0.2) is 0 Å². The van der Waals surface area contributed by atoms with E-state index in [2.05, 4.69) is 70.3 Å². The Hall–Kier alpha value is -2.23. The first-order valence-electron chi connectivity index (χ1n) is 8.34. The summed E-state index contributed by atoms with van der Waals surface area (Å²) in [6.07, 6.45) is 8.34. The Bertz CT molecular complexity index is 822. The lowest BCUT2D eigenvalue weighted by atomic mass is 9.92. The molecule has 120 valence electrons. The number of hydrogen-bond acceptors (Lipinski definition) is 3. The van der Waals surface area contributed by atoms with Crippen LogP contribution in [0.5, 0.6) is 0 Å². The van der Waals surface area contributed by atoms with Crippen molar-refractivity contribution in [3.63, 3.8) is 0 Å². The zero-order valence-electron chi connectivity index (χ0n) is 13.5. The lowest BCUT2D eigenvalue weighted by Gasteiger charge is -2.24. The average Bonchev–Trinajstić information content (AvgIpc) is 3.18. The summed E-state index contributed by atoms with van der Waals surface area (Å²) >= 11 is 1.76. The molecule has 2 aromatic heterocycles. The van der Waals surface area contributed by atoms with E-state index in [0.29, 0.717) is 6.04 Å². The minimum atomic E-state index is 0.464. The molecule has 24 heavy (non-hydrogen) atoms. The van der Waals surface area contributed by atoms with Gasteiger partial charge in [-0.2, -0.15) is 0 Å². The molecule has 0 radical (unpaired) electrons. The van der Waals surface area contributed by atoms with E-state index in [9.17, 15) is 0 Å². The van der Waals surface area contributed by atoms with Crippen molar-refractivity contribution in [2.24, 2.45) is 0 Å². The van der Waals surface area contributed by atoms with Gasteiger partial charge in [0.1, 0.15) is 0 Å². The van der Waals surface area contributed by atoms with E-state index in [0.717, 1.165) is 19.4 Å². The van der Waals surface area contributed by atoms with Crippen LogP contribution < -0.4 is 5.32 Å². The topological polar surface area (TPSA) is 24.9 Å². The second kappa shape index (κ2) is 7.12. The number of rotatable bonds is 4. The Morgan fingerprint density at radius 1 is 1.04 bits per heavy atom. The maximum Gasteiger partial charge on any atom is 0.0358 e. The zero-order chi connectivity index (χ0) is 16.2. The van der Waals surface area contributed by atoms with Gasteiger partial charge in [-0.3, -0.25) is 4.98 Å². The molecule has 3 heteroatoms. The van der Waals surface area contributed by atoms with Crippen molar-refractivity contribution in [1.82, 2.24) is 10.3 Å². The number of aromatic nitrogens is 1. The third-order valence-corrected chi connectivity index (χ3v) is 5.37. The molecule has 0 spiro atoms. The summed E-state index contributed by atoms with van der Waals surface area (Å²) < 4.78 is 0. The van der Waals surface area contributed by atoms with Gasteiger partial charge in [0.25, 0.3) is 0 Å². The van der Waals surface area contributed by atoms with Crippen LogP contribution in [0.1, 0.15) is 17.5 Å². The lowest BCUT2D eigenvalue weighted by Crippen LogP contribution is -2.34. The van der Waals surface area contributed by atoms with Gasteiger partial charge in [-0.05, 0) is 47.1 Å². The first kappa shape index (κ1) is 15.3. The van der Waals surface area contributed by atoms with Gasteiger partial charge < -0.3 is 5.32 Å². The molecule has 2 nitrogen and oxygen atoms in total. The highest BCUT2D eigenvalue weighted by Gasteiger charge is 2.16. The fraction of sp³-hybridized carbons (Fsp3) is 0.190. The fourth-order valence-corrected chi connectivity index (χ4v) is 3.97. The number of nitrogens with zero attached hydrogens (tertiary/aromatic N) is 1. The van der Waals surface area contributed by atoms with Gasteiger partial charge in [0.15, 0.2) is 0 Å². The van der Waals surface area contributed by atoms with Gasteiger partial charge in [0, 0.05) is 35.4 Å². The third kappa shape index (κ3) is 3.48. The highest BCUT2D eigenvalue weighted by atomic mass is 32.1. The molecule has 1 N–H and O–H groups in total. The predicted octanol–water partition coefficient (Wildman–Crippen LogP) is 4.80. The molecule has 3 heterocycles. The van der Waals surface area contributed by atoms with E-state index in [1.165, 1.54) is 27.1 Å². The molecule has 1 unspecified atom stereocenters. The van der Waals surface area contributed by atoms with Crippen LogP contribution in [0.15, 0.2) is 72.4 Å². The Balaban J connectivity index is 1.48. The molecule has 1 aromatic carbocycles. The Morgan fingerprint density at radius 3 is 2.79 bits per heavy atom. The standard InChI is InChI=1S/C21H20N2S/c1-2-5-17(6-3-1)18-8-9-23-20(13-18)12-16-11-19(15-22-14-16)21-7-4-10-24-21/h1-8,10-11,14-15,20,23H,9,12-13H2. The number of thiophene rings is 1. The summed E-state index contributed by atoms with van der Waals surface area (Å²) in [5.41, 5.74) is 5.31. The lowest BCUT2D eigenvalue weighted by molar-refractivity contribution is 0.533. The molecule has 0 bridgehead atoms. The van der Waals surface area contributed by atoms with Crippen molar-refractivity contribution in [3.8, 4) is 10.4 Å². The number of benzene rings is 1. The molecule has 1 aliphatic heterocycles. The molecule has 0 saturated heterocycles. The van der Waals surface area contributed by atoms with E-state index >= 15 is 0 Å². The van der Waals surface area contributed by atoms with E-state index in [-0.39, 0.29) is 0 Å². The first-order valence-corrected chi connectivity index (χ1v) is 9.22. The molecular formula is C21H20N2S. The SMILES string of the molecule is C1=C(c2ccccc2)CC(Cc2cncc(-c3cccs3)c2)NC1. The molecular weight excluding hydrogens is 312 g/mol. The van der Waals surface area contributed by atoms with E-state index in [4.69, 9.17) is 0 Å². The quantitative estimate of drug-likeness (QED) is 0.742. The molecule has 4 rings (SSSR count). The van der Waals surface area contributed by atoms with E-state index < -0.39 is 0 Å². The molecule has 0 aliphatic carbocycles. The highest BCUT2D eigenvalue weighted by Crippen LogP contribution is 2.27. The van der Waals surface area contributed by atoms with E-state index in [1.807, 2.05) is 12.4 Å². The summed E-state index contributed by atoms with van der Waals surface area (Å²) in [5, 5.41) is 5.73. The van der Waals surface area contributed by atoms with Gasteiger partial charge in [-0.1, -0.05) is 42.5 Å². The minimum absolute atomic E-state index is 0.464. The normalized spacial score (nSPS) is 17.5. The number of nitrogens with one attached hydrogen (secondary N) is 1. The first-order chi connectivity index (χ1) is 11.9. The van der Waals surface area contributed by atoms with Crippen molar-refractivity contribution in [2.75, 3.05) is 6.54 Å². The van der Waals surface area contributed by atoms with Crippen LogP contribution >= 0.6 is 11.3 Å². The predicted molar refractivity (Wildman–Crippen MR) is 102 cm³/mol. The van der Waals surface area contributed by atoms with Crippen molar-refractivity contribution >= 4 is 16.9 Å². The van der Waals surface area contributed by atoms with Crippen LogP contribution in [0, 0.1) is 0 Å². The maximum atomic E-state index is 4.45. The summed E-state index contributed by atoms with van der Waals surface area (Å²) in [7, 11) is 0. The molecule has 3 aromatic rings. The van der Waals surface area contributed by atoms with Gasteiger partial charge >= 0.3 is 0 Å². The van der Waals surface area contributed by atoms with Crippen molar-refractivity contribution in [2.45, 2.75) is 18.9 Å². The summed E-state index contributed by atoms with van der Waals surface area (Å²) in [5.74, 6) is 0. The zero-order valence-corrected chi connectivity index (χ0v) is 14.3. The summed E-state index contributed by atoms with van der Waals surface area (Å²) in [6, 6.07) is 17.7.